The predicted octanol–water partition coefficient (Wildman–Crippen LogP) is 6.43. The second-order valence-corrected chi connectivity index (χ2v) is 8.48. The van der Waals surface area contributed by atoms with E-state index in [1.165, 1.54) is 6.33 Å². The number of hydrogen-bond acceptors (Lipinski definition) is 6. The molecule has 0 radical (unpaired) electrons. The van der Waals surface area contributed by atoms with E-state index in [0.29, 0.717) is 16.5 Å². The minimum absolute atomic E-state index is 0.126. The van der Waals surface area contributed by atoms with Gasteiger partial charge in [0.25, 0.3) is 0 Å². The van der Waals surface area contributed by atoms with E-state index in [-0.39, 0.29) is 6.04 Å². The van der Waals surface area contributed by atoms with Gasteiger partial charge in [0, 0.05) is 10.6 Å². The molecule has 8 heteroatoms. The zero-order valence-electron chi connectivity index (χ0n) is 18.8. The van der Waals surface area contributed by atoms with Crippen molar-refractivity contribution in [3.63, 3.8) is 0 Å². The third-order valence-electron chi connectivity index (χ3n) is 5.94. The maximum atomic E-state index is 6.80. The van der Waals surface area contributed by atoms with Crippen molar-refractivity contribution >= 4 is 28.6 Å². The van der Waals surface area contributed by atoms with Crippen LogP contribution >= 0.6 is 11.6 Å². The van der Waals surface area contributed by atoms with Crippen LogP contribution in [0.1, 0.15) is 35.5 Å². The van der Waals surface area contributed by atoms with Crippen LogP contribution < -0.4 is 5.32 Å². The number of aryl methyl sites for hydroxylation is 2. The van der Waals surface area contributed by atoms with E-state index < -0.39 is 0 Å². The average Bonchev–Trinajstić information content (AvgIpc) is 3.43. The summed E-state index contributed by atoms with van der Waals surface area (Å²) in [5.41, 5.74) is 8.40. The third-order valence-corrected chi connectivity index (χ3v) is 6.34. The lowest BCUT2D eigenvalue weighted by Crippen LogP contribution is -2.11. The minimum Gasteiger partial charge on any atom is -0.362 e. The molecule has 166 valence electrons. The number of nitrogens with zero attached hydrogens (tertiary/aromatic N) is 4. The van der Waals surface area contributed by atoms with Crippen molar-refractivity contribution in [2.75, 3.05) is 5.32 Å². The highest BCUT2D eigenvalue weighted by molar-refractivity contribution is 6.32. The fraction of sp³-hybridized carbons (Fsp3) is 0.200. The van der Waals surface area contributed by atoms with Gasteiger partial charge in [-0.2, -0.15) is 0 Å². The lowest BCUT2D eigenvalue weighted by atomic mass is 9.84. The van der Waals surface area contributed by atoms with Gasteiger partial charge in [0.1, 0.15) is 17.6 Å². The molecule has 5 rings (SSSR count). The van der Waals surface area contributed by atoms with E-state index >= 15 is 0 Å². The predicted molar refractivity (Wildman–Crippen MR) is 130 cm³/mol. The minimum atomic E-state index is -0.126. The van der Waals surface area contributed by atoms with Gasteiger partial charge in [0.15, 0.2) is 11.5 Å². The van der Waals surface area contributed by atoms with Gasteiger partial charge in [-0.05, 0) is 61.6 Å². The number of halogens is 1. The van der Waals surface area contributed by atoms with Crippen molar-refractivity contribution in [3.8, 4) is 22.3 Å². The van der Waals surface area contributed by atoms with Crippen LogP contribution in [0, 0.1) is 20.8 Å². The zero-order valence-corrected chi connectivity index (χ0v) is 19.5. The first-order valence-electron chi connectivity index (χ1n) is 10.7. The summed E-state index contributed by atoms with van der Waals surface area (Å²) in [6, 6.07) is 12.2. The van der Waals surface area contributed by atoms with Gasteiger partial charge in [0.2, 0.25) is 0 Å². The van der Waals surface area contributed by atoms with Gasteiger partial charge in [-0.25, -0.2) is 15.0 Å². The highest BCUT2D eigenvalue weighted by atomic mass is 35.5. The van der Waals surface area contributed by atoms with Crippen LogP contribution in [0.3, 0.4) is 0 Å². The van der Waals surface area contributed by atoms with Crippen LogP contribution in [0.5, 0.6) is 0 Å². The summed E-state index contributed by atoms with van der Waals surface area (Å²) in [5, 5.41) is 8.42. The molecule has 1 unspecified atom stereocenters. The van der Waals surface area contributed by atoms with E-state index in [1.807, 2.05) is 45.0 Å². The molecule has 1 atom stereocenters. The Morgan fingerprint density at radius 2 is 1.79 bits per heavy atom. The van der Waals surface area contributed by atoms with E-state index in [1.54, 1.807) is 6.33 Å². The molecule has 0 aliphatic rings. The summed E-state index contributed by atoms with van der Waals surface area (Å²) in [4.78, 5) is 16.0. The zero-order chi connectivity index (χ0) is 23.1. The normalized spacial score (nSPS) is 12.3. The number of rotatable bonds is 5. The summed E-state index contributed by atoms with van der Waals surface area (Å²) >= 11 is 6.80. The first-order chi connectivity index (χ1) is 16.0. The molecule has 2 aromatic carbocycles. The monoisotopic (exact) mass is 458 g/mol. The van der Waals surface area contributed by atoms with Gasteiger partial charge >= 0.3 is 0 Å². The summed E-state index contributed by atoms with van der Waals surface area (Å²) < 4.78 is 5.53. The topological polar surface area (TPSA) is 92.5 Å². The number of benzene rings is 2. The van der Waals surface area contributed by atoms with Crippen LogP contribution in [-0.2, 0) is 0 Å². The fourth-order valence-corrected chi connectivity index (χ4v) is 4.55. The molecule has 0 aliphatic carbocycles. The highest BCUT2D eigenvalue weighted by Crippen LogP contribution is 2.45. The number of hydrogen-bond donors (Lipinski definition) is 2. The Kier molecular flexibility index (Phi) is 5.34. The van der Waals surface area contributed by atoms with E-state index in [2.05, 4.69) is 49.5 Å². The van der Waals surface area contributed by atoms with Crippen molar-refractivity contribution in [3.05, 3.63) is 76.7 Å². The molecule has 0 amide bonds. The highest BCUT2D eigenvalue weighted by Gasteiger charge is 2.25. The van der Waals surface area contributed by atoms with Crippen molar-refractivity contribution in [1.82, 2.24) is 25.1 Å². The lowest BCUT2D eigenvalue weighted by Gasteiger charge is -2.24. The number of H-pyrrole nitrogens is 1. The third kappa shape index (κ3) is 3.64. The summed E-state index contributed by atoms with van der Waals surface area (Å²) in [6.45, 7) is 8.02. The number of anilines is 1. The van der Waals surface area contributed by atoms with Gasteiger partial charge < -0.3 is 14.8 Å². The van der Waals surface area contributed by atoms with Gasteiger partial charge in [0.05, 0.1) is 18.1 Å². The maximum absolute atomic E-state index is 6.80. The van der Waals surface area contributed by atoms with Crippen molar-refractivity contribution in [1.29, 1.82) is 0 Å². The second kappa shape index (κ2) is 8.33. The number of aromatic amines is 1. The number of aromatic nitrogens is 5. The lowest BCUT2D eigenvalue weighted by molar-refractivity contribution is 0.393. The Hall–Kier alpha value is -3.71. The number of fused-ring (bicyclic) bond motifs is 1. The first kappa shape index (κ1) is 21.2. The summed E-state index contributed by atoms with van der Waals surface area (Å²) in [7, 11) is 0. The van der Waals surface area contributed by atoms with Gasteiger partial charge in [-0.1, -0.05) is 47.1 Å². The van der Waals surface area contributed by atoms with Crippen LogP contribution in [0.2, 0.25) is 5.02 Å². The molecule has 3 aromatic heterocycles. The van der Waals surface area contributed by atoms with Crippen LogP contribution in [0.15, 0.2) is 53.6 Å². The van der Waals surface area contributed by atoms with Gasteiger partial charge in [-0.3, -0.25) is 0 Å². The summed E-state index contributed by atoms with van der Waals surface area (Å²) in [5.74, 6) is 1.44. The maximum Gasteiger partial charge on any atom is 0.182 e. The molecule has 3 heterocycles. The molecule has 0 saturated carbocycles. The molecule has 0 bridgehead atoms. The molecular weight excluding hydrogens is 436 g/mol. The van der Waals surface area contributed by atoms with Crippen molar-refractivity contribution in [2.24, 2.45) is 0 Å². The Bertz CT molecular complexity index is 1440. The summed E-state index contributed by atoms with van der Waals surface area (Å²) in [6.07, 6.45) is 3.12. The Balaban J connectivity index is 1.74. The Labute approximate surface area is 196 Å². The molecular formula is C25H23ClN6O. The second-order valence-electron chi connectivity index (χ2n) is 8.08. The van der Waals surface area contributed by atoms with E-state index in [4.69, 9.17) is 16.1 Å². The quantitative estimate of drug-likeness (QED) is 0.315. The van der Waals surface area contributed by atoms with Crippen LogP contribution in [-0.4, -0.2) is 25.1 Å². The number of nitrogens with one attached hydrogen (secondary N) is 2. The SMILES string of the molecule is Cc1noc(C)c1-c1c(C)c(Cl)cc(C(C)Nc2ncnc3nc[nH]c23)c1-c1ccccc1. The molecule has 0 saturated heterocycles. The van der Waals surface area contributed by atoms with E-state index in [0.717, 1.165) is 50.4 Å². The molecule has 0 aliphatic heterocycles. The van der Waals surface area contributed by atoms with Crippen LogP contribution in [0.4, 0.5) is 5.82 Å². The van der Waals surface area contributed by atoms with Crippen LogP contribution in [0.25, 0.3) is 33.4 Å². The molecule has 5 aromatic rings. The van der Waals surface area contributed by atoms with Gasteiger partial charge in [-0.15, -0.1) is 0 Å². The molecule has 0 spiro atoms. The largest absolute Gasteiger partial charge is 0.362 e. The Morgan fingerprint density at radius 1 is 1.00 bits per heavy atom. The van der Waals surface area contributed by atoms with Crippen molar-refractivity contribution in [2.45, 2.75) is 33.7 Å². The molecule has 2 N–H and O–H groups in total. The molecule has 33 heavy (non-hydrogen) atoms. The molecule has 0 fully saturated rings. The molecule has 7 nitrogen and oxygen atoms in total. The Morgan fingerprint density at radius 3 is 2.52 bits per heavy atom. The smallest absolute Gasteiger partial charge is 0.182 e. The fourth-order valence-electron chi connectivity index (χ4n) is 4.34. The number of imidazole rings is 1. The van der Waals surface area contributed by atoms with Crippen molar-refractivity contribution < 1.29 is 4.52 Å². The first-order valence-corrected chi connectivity index (χ1v) is 11.1. The van der Waals surface area contributed by atoms with E-state index in [9.17, 15) is 0 Å². The standard InChI is InChI=1S/C25H23ClN6O/c1-13-19(26)10-18(14(2)31-25-23-24(28-11-27-23)29-12-30-25)22(17-8-6-5-7-9-17)20(13)21-15(3)32-33-16(21)4/h5-12,14H,1-4H3,(H2,27,28,29,30,31). The average molecular weight is 459 g/mol.